The van der Waals surface area contributed by atoms with Crippen LogP contribution in [-0.2, 0) is 11.3 Å². The number of carbonyl (C=O) groups is 2. The van der Waals surface area contributed by atoms with Crippen molar-refractivity contribution in [1.82, 2.24) is 14.4 Å². The van der Waals surface area contributed by atoms with E-state index in [4.69, 9.17) is 0 Å². The topological polar surface area (TPSA) is 62.6 Å². The molecule has 2 aromatic carbocycles. The second-order valence-electron chi connectivity index (χ2n) is 8.34. The first-order valence-electron chi connectivity index (χ1n) is 10.6. The molecule has 0 unspecified atom stereocenters. The van der Waals surface area contributed by atoms with Crippen molar-refractivity contribution in [2.24, 2.45) is 0 Å². The summed E-state index contributed by atoms with van der Waals surface area (Å²) in [5.74, 6) is -0.113. The first-order chi connectivity index (χ1) is 14.8. The highest BCUT2D eigenvalue weighted by Crippen LogP contribution is 2.21. The zero-order valence-corrected chi connectivity index (χ0v) is 18.9. The fraction of sp³-hybridized carbons (Fsp3) is 0.375. The number of hydrogen-bond acceptors (Lipinski definition) is 5. The van der Waals surface area contributed by atoms with E-state index in [9.17, 15) is 14.4 Å². The monoisotopic (exact) mass is 437 g/mol. The Kier molecular flexibility index (Phi) is 6.07. The SMILES string of the molecule is Cc1ccc(C(=O)c2ccc3c(c2)sc(=O)n3CC(=O)N2CCN(C(C)C)CC2)cc1. The molecule has 1 aliphatic heterocycles. The molecule has 4 rings (SSSR count). The lowest BCUT2D eigenvalue weighted by Crippen LogP contribution is -2.51. The second-order valence-corrected chi connectivity index (χ2v) is 9.34. The van der Waals surface area contributed by atoms with Gasteiger partial charge in [0.05, 0.1) is 10.2 Å². The smallest absolute Gasteiger partial charge is 0.308 e. The number of ketones is 1. The van der Waals surface area contributed by atoms with Crippen LogP contribution in [0.3, 0.4) is 0 Å². The molecule has 1 amide bonds. The first kappa shape index (κ1) is 21.5. The van der Waals surface area contributed by atoms with E-state index < -0.39 is 0 Å². The van der Waals surface area contributed by atoms with Crippen molar-refractivity contribution >= 4 is 33.2 Å². The van der Waals surface area contributed by atoms with E-state index >= 15 is 0 Å². The summed E-state index contributed by atoms with van der Waals surface area (Å²) in [7, 11) is 0. The highest BCUT2D eigenvalue weighted by Gasteiger charge is 2.23. The van der Waals surface area contributed by atoms with Crippen LogP contribution in [0.2, 0.25) is 0 Å². The van der Waals surface area contributed by atoms with Gasteiger partial charge in [-0.3, -0.25) is 23.9 Å². The van der Waals surface area contributed by atoms with Gasteiger partial charge in [-0.1, -0.05) is 41.2 Å². The van der Waals surface area contributed by atoms with Gasteiger partial charge in [-0.15, -0.1) is 0 Å². The number of benzene rings is 2. The van der Waals surface area contributed by atoms with Crippen LogP contribution in [0.1, 0.15) is 35.3 Å². The molecule has 0 saturated carbocycles. The number of amides is 1. The van der Waals surface area contributed by atoms with E-state index in [0.29, 0.717) is 35.8 Å². The molecule has 6 nitrogen and oxygen atoms in total. The van der Waals surface area contributed by atoms with Gasteiger partial charge in [0.2, 0.25) is 5.91 Å². The van der Waals surface area contributed by atoms with Crippen molar-refractivity contribution in [1.29, 1.82) is 0 Å². The molecule has 0 radical (unpaired) electrons. The fourth-order valence-electron chi connectivity index (χ4n) is 3.95. The molecule has 31 heavy (non-hydrogen) atoms. The Balaban J connectivity index is 1.52. The number of piperazine rings is 1. The van der Waals surface area contributed by atoms with Crippen LogP contribution in [0.4, 0.5) is 0 Å². The lowest BCUT2D eigenvalue weighted by molar-refractivity contribution is -0.133. The van der Waals surface area contributed by atoms with Gasteiger partial charge in [0, 0.05) is 43.3 Å². The number of rotatable bonds is 5. The summed E-state index contributed by atoms with van der Waals surface area (Å²) in [5.41, 5.74) is 2.95. The molecule has 162 valence electrons. The number of thiazole rings is 1. The Hall–Kier alpha value is -2.77. The molecule has 0 spiro atoms. The molecule has 1 saturated heterocycles. The van der Waals surface area contributed by atoms with Gasteiger partial charge in [-0.05, 0) is 39.0 Å². The van der Waals surface area contributed by atoms with Crippen molar-refractivity contribution in [3.63, 3.8) is 0 Å². The third-order valence-electron chi connectivity index (χ3n) is 5.93. The Morgan fingerprint density at radius 1 is 0.968 bits per heavy atom. The summed E-state index contributed by atoms with van der Waals surface area (Å²) in [6, 6.07) is 13.2. The van der Waals surface area contributed by atoms with E-state index in [0.717, 1.165) is 34.7 Å². The lowest BCUT2D eigenvalue weighted by atomic mass is 10.0. The predicted octanol–water partition coefficient (Wildman–Crippen LogP) is 3.16. The van der Waals surface area contributed by atoms with Gasteiger partial charge in [-0.25, -0.2) is 0 Å². The molecule has 0 atom stereocenters. The van der Waals surface area contributed by atoms with Crippen molar-refractivity contribution in [3.05, 3.63) is 68.8 Å². The van der Waals surface area contributed by atoms with Crippen molar-refractivity contribution in [3.8, 4) is 0 Å². The summed E-state index contributed by atoms with van der Waals surface area (Å²) in [6.07, 6.45) is 0. The van der Waals surface area contributed by atoms with E-state index in [1.54, 1.807) is 18.2 Å². The molecule has 1 aliphatic rings. The van der Waals surface area contributed by atoms with E-state index in [1.165, 1.54) is 4.57 Å². The van der Waals surface area contributed by atoms with Crippen LogP contribution >= 0.6 is 11.3 Å². The summed E-state index contributed by atoms with van der Waals surface area (Å²) in [5, 5.41) is 0. The predicted molar refractivity (Wildman–Crippen MR) is 124 cm³/mol. The minimum absolute atomic E-state index is 0.0335. The maximum Gasteiger partial charge on any atom is 0.308 e. The van der Waals surface area contributed by atoms with Crippen molar-refractivity contribution in [2.45, 2.75) is 33.4 Å². The average molecular weight is 438 g/mol. The second kappa shape index (κ2) is 8.77. The normalized spacial score (nSPS) is 15.0. The van der Waals surface area contributed by atoms with E-state index in [1.807, 2.05) is 36.1 Å². The van der Waals surface area contributed by atoms with Gasteiger partial charge in [0.15, 0.2) is 5.78 Å². The van der Waals surface area contributed by atoms with Gasteiger partial charge in [-0.2, -0.15) is 0 Å². The van der Waals surface area contributed by atoms with Crippen LogP contribution in [0.5, 0.6) is 0 Å². The quantitative estimate of drug-likeness (QED) is 0.576. The molecule has 2 heterocycles. The molecule has 0 N–H and O–H groups in total. The van der Waals surface area contributed by atoms with Crippen LogP contribution in [0.15, 0.2) is 47.3 Å². The third-order valence-corrected chi connectivity index (χ3v) is 6.88. The van der Waals surface area contributed by atoms with Gasteiger partial charge >= 0.3 is 4.87 Å². The van der Waals surface area contributed by atoms with E-state index in [-0.39, 0.29) is 23.1 Å². The molecule has 0 aliphatic carbocycles. The number of aryl methyl sites for hydroxylation is 1. The first-order valence-corrected chi connectivity index (χ1v) is 11.4. The number of nitrogens with zero attached hydrogens (tertiary/aromatic N) is 3. The lowest BCUT2D eigenvalue weighted by Gasteiger charge is -2.37. The minimum Gasteiger partial charge on any atom is -0.339 e. The van der Waals surface area contributed by atoms with Gasteiger partial charge < -0.3 is 4.90 Å². The van der Waals surface area contributed by atoms with Crippen LogP contribution in [-0.4, -0.2) is 58.3 Å². The molecule has 3 aromatic rings. The standard InChI is InChI=1S/C24H27N3O3S/c1-16(2)25-10-12-26(13-11-25)22(28)15-27-20-9-8-19(14-21(20)31-24(27)30)23(29)18-6-4-17(3)5-7-18/h4-9,14,16H,10-13,15H2,1-3H3. The molecule has 1 aromatic heterocycles. The largest absolute Gasteiger partial charge is 0.339 e. The zero-order chi connectivity index (χ0) is 22.1. The molecule has 1 fully saturated rings. The average Bonchev–Trinajstić information content (AvgIpc) is 3.08. The van der Waals surface area contributed by atoms with Crippen molar-refractivity contribution in [2.75, 3.05) is 26.2 Å². The molecule has 0 bridgehead atoms. The molecular formula is C24H27N3O3S. The summed E-state index contributed by atoms with van der Waals surface area (Å²) < 4.78 is 2.25. The number of hydrogen-bond donors (Lipinski definition) is 0. The van der Waals surface area contributed by atoms with E-state index in [2.05, 4.69) is 18.7 Å². The highest BCUT2D eigenvalue weighted by molar-refractivity contribution is 7.16. The highest BCUT2D eigenvalue weighted by atomic mass is 32.1. The number of aromatic nitrogens is 1. The van der Waals surface area contributed by atoms with Crippen molar-refractivity contribution < 1.29 is 9.59 Å². The van der Waals surface area contributed by atoms with Gasteiger partial charge in [0.25, 0.3) is 0 Å². The number of fused-ring (bicyclic) bond motifs is 1. The molecular weight excluding hydrogens is 410 g/mol. The zero-order valence-electron chi connectivity index (χ0n) is 18.1. The summed E-state index contributed by atoms with van der Waals surface area (Å²) in [6.45, 7) is 9.41. The Morgan fingerprint density at radius 3 is 2.26 bits per heavy atom. The minimum atomic E-state index is -0.177. The third kappa shape index (κ3) is 4.48. The van der Waals surface area contributed by atoms with Gasteiger partial charge in [0.1, 0.15) is 6.54 Å². The number of carbonyl (C=O) groups excluding carboxylic acids is 2. The molecule has 7 heteroatoms. The van der Waals surface area contributed by atoms with Crippen LogP contribution < -0.4 is 4.87 Å². The van der Waals surface area contributed by atoms with Crippen LogP contribution in [0, 0.1) is 6.92 Å². The Morgan fingerprint density at radius 2 is 1.61 bits per heavy atom. The summed E-state index contributed by atoms with van der Waals surface area (Å²) in [4.78, 5) is 42.2. The maximum atomic E-state index is 12.8. The Labute approximate surface area is 185 Å². The maximum absolute atomic E-state index is 12.8. The fourth-order valence-corrected chi connectivity index (χ4v) is 4.88. The van der Waals surface area contributed by atoms with Crippen LogP contribution in [0.25, 0.3) is 10.2 Å². The Bertz CT molecular complexity index is 1170. The summed E-state index contributed by atoms with van der Waals surface area (Å²) >= 11 is 1.08.